The van der Waals surface area contributed by atoms with Gasteiger partial charge in [-0.05, 0) is 50.0 Å². The van der Waals surface area contributed by atoms with Crippen molar-refractivity contribution < 1.29 is 29.0 Å². The second kappa shape index (κ2) is 18.6. The molecule has 3 unspecified atom stereocenters. The molecule has 3 atom stereocenters. The van der Waals surface area contributed by atoms with Crippen molar-refractivity contribution in [2.75, 3.05) is 33.0 Å². The molecule has 0 bridgehead atoms. The average molecular weight is 557 g/mol. The van der Waals surface area contributed by atoms with Crippen molar-refractivity contribution in [3.63, 3.8) is 0 Å². The quantitative estimate of drug-likeness (QED) is 0.215. The Morgan fingerprint density at radius 3 is 2.58 bits per heavy atom. The average Bonchev–Trinajstić information content (AvgIpc) is 2.96. The molecule has 2 aliphatic rings. The molecule has 1 heterocycles. The van der Waals surface area contributed by atoms with Gasteiger partial charge in [0.15, 0.2) is 0 Å². The van der Waals surface area contributed by atoms with Gasteiger partial charge in [0, 0.05) is 13.0 Å². The lowest BCUT2D eigenvalue weighted by atomic mass is 9.84. The minimum atomic E-state index is -0.507. The van der Waals surface area contributed by atoms with E-state index in [1.807, 2.05) is 36.4 Å². The predicted octanol–water partition coefficient (Wildman–Crippen LogP) is 4.11. The largest absolute Gasteiger partial charge is 0.463 e. The number of esters is 1. The van der Waals surface area contributed by atoms with Crippen LogP contribution in [0.1, 0.15) is 76.2 Å². The van der Waals surface area contributed by atoms with Gasteiger partial charge >= 0.3 is 5.97 Å². The number of rotatable bonds is 11. The Hall–Kier alpha value is -2.71. The van der Waals surface area contributed by atoms with E-state index in [0.29, 0.717) is 31.9 Å². The summed E-state index contributed by atoms with van der Waals surface area (Å²) in [6.45, 7) is 0.957. The lowest BCUT2D eigenvalue weighted by molar-refractivity contribution is -0.150. The number of allylic oxidation sites excluding steroid dienone is 2. The van der Waals surface area contributed by atoms with E-state index in [9.17, 15) is 14.4 Å². The fourth-order valence-electron chi connectivity index (χ4n) is 5.68. The van der Waals surface area contributed by atoms with Crippen molar-refractivity contribution >= 4 is 17.8 Å². The summed E-state index contributed by atoms with van der Waals surface area (Å²) in [4.78, 5) is 39.3. The van der Waals surface area contributed by atoms with Crippen LogP contribution >= 0.6 is 0 Å². The standard InChI is InChI=1S/C32H48N2O6/c35-18-20-39-19-17-33-30(36)23-27-15-9-1-2-10-16-28(21-25-11-5-3-6-12-25)32(38)40-24-29(34-31(27)37)22-26-13-7-4-8-14-26/h1,3,5-6,9,11-12,26-29,35H,2,4,7-8,10,13-24H2,(H,33,36)(H,34,37). The molecule has 0 aromatic heterocycles. The first kappa shape index (κ1) is 31.8. The Morgan fingerprint density at radius 1 is 1.00 bits per heavy atom. The Bertz CT molecular complexity index is 915. The molecule has 1 saturated carbocycles. The number of aliphatic hydroxyl groups excluding tert-OH is 1. The Morgan fingerprint density at radius 2 is 1.80 bits per heavy atom. The van der Waals surface area contributed by atoms with Crippen molar-refractivity contribution in [2.45, 2.75) is 83.1 Å². The van der Waals surface area contributed by atoms with Gasteiger partial charge in [-0.3, -0.25) is 14.4 Å². The van der Waals surface area contributed by atoms with E-state index < -0.39 is 5.92 Å². The molecular weight excluding hydrogens is 508 g/mol. The topological polar surface area (TPSA) is 114 Å². The molecule has 3 N–H and O–H groups in total. The highest BCUT2D eigenvalue weighted by Gasteiger charge is 2.28. The van der Waals surface area contributed by atoms with Crippen LogP contribution in [-0.2, 0) is 30.3 Å². The summed E-state index contributed by atoms with van der Waals surface area (Å²) in [6.07, 6.45) is 14.3. The van der Waals surface area contributed by atoms with E-state index >= 15 is 0 Å². The van der Waals surface area contributed by atoms with Gasteiger partial charge < -0.3 is 25.2 Å². The molecule has 1 aliphatic heterocycles. The summed E-state index contributed by atoms with van der Waals surface area (Å²) in [7, 11) is 0. The number of nitrogens with one attached hydrogen (secondary N) is 2. The zero-order chi connectivity index (χ0) is 28.4. The van der Waals surface area contributed by atoms with Crippen LogP contribution in [0.5, 0.6) is 0 Å². The van der Waals surface area contributed by atoms with Crippen molar-refractivity contribution in [1.29, 1.82) is 0 Å². The van der Waals surface area contributed by atoms with E-state index in [4.69, 9.17) is 14.6 Å². The van der Waals surface area contributed by atoms with Crippen LogP contribution in [0.4, 0.5) is 0 Å². The lowest BCUT2D eigenvalue weighted by Crippen LogP contribution is -2.44. The molecule has 40 heavy (non-hydrogen) atoms. The summed E-state index contributed by atoms with van der Waals surface area (Å²) in [5.41, 5.74) is 1.12. The lowest BCUT2D eigenvalue weighted by Gasteiger charge is -2.29. The molecule has 1 aromatic rings. The number of hydrogen-bond donors (Lipinski definition) is 3. The van der Waals surface area contributed by atoms with Crippen LogP contribution in [0.3, 0.4) is 0 Å². The third-order valence-electron chi connectivity index (χ3n) is 7.89. The highest BCUT2D eigenvalue weighted by molar-refractivity contribution is 5.86. The number of carbonyl (C=O) groups excluding carboxylic acids is 3. The monoisotopic (exact) mass is 556 g/mol. The first-order valence-corrected chi connectivity index (χ1v) is 15.2. The summed E-state index contributed by atoms with van der Waals surface area (Å²) in [5, 5.41) is 14.8. The van der Waals surface area contributed by atoms with Gasteiger partial charge in [0.2, 0.25) is 11.8 Å². The van der Waals surface area contributed by atoms with E-state index in [0.717, 1.165) is 44.1 Å². The Balaban J connectivity index is 1.67. The minimum Gasteiger partial charge on any atom is -0.463 e. The number of hydrogen-bond acceptors (Lipinski definition) is 6. The van der Waals surface area contributed by atoms with Crippen LogP contribution in [0.15, 0.2) is 42.5 Å². The number of aliphatic hydroxyl groups is 1. The normalized spacial score (nSPS) is 23.6. The first-order chi connectivity index (χ1) is 19.5. The van der Waals surface area contributed by atoms with Crippen LogP contribution in [-0.4, -0.2) is 61.9 Å². The molecule has 8 heteroatoms. The van der Waals surface area contributed by atoms with Crippen LogP contribution < -0.4 is 10.6 Å². The van der Waals surface area contributed by atoms with Crippen molar-refractivity contribution in [1.82, 2.24) is 10.6 Å². The summed E-state index contributed by atoms with van der Waals surface area (Å²) < 4.78 is 11.1. The molecular formula is C32H48N2O6. The van der Waals surface area contributed by atoms with Gasteiger partial charge in [-0.2, -0.15) is 0 Å². The second-order valence-corrected chi connectivity index (χ2v) is 11.2. The second-order valence-electron chi connectivity index (χ2n) is 11.2. The van der Waals surface area contributed by atoms with E-state index in [2.05, 4.69) is 16.7 Å². The molecule has 0 saturated heterocycles. The van der Waals surface area contributed by atoms with Crippen molar-refractivity contribution in [2.24, 2.45) is 17.8 Å². The van der Waals surface area contributed by atoms with E-state index in [1.165, 1.54) is 19.3 Å². The number of carbonyl (C=O) groups is 3. The molecule has 0 spiro atoms. The van der Waals surface area contributed by atoms with Gasteiger partial charge in [0.05, 0.1) is 37.7 Å². The number of ether oxygens (including phenoxy) is 2. The van der Waals surface area contributed by atoms with Gasteiger partial charge in [0.25, 0.3) is 0 Å². The number of cyclic esters (lactones) is 1. The fraction of sp³-hybridized carbons (Fsp3) is 0.656. The highest BCUT2D eigenvalue weighted by atomic mass is 16.5. The number of benzene rings is 1. The Labute approximate surface area is 239 Å². The zero-order valence-electron chi connectivity index (χ0n) is 23.9. The van der Waals surface area contributed by atoms with E-state index in [1.54, 1.807) is 0 Å². The van der Waals surface area contributed by atoms with Crippen LogP contribution in [0.2, 0.25) is 0 Å². The predicted molar refractivity (Wildman–Crippen MR) is 154 cm³/mol. The van der Waals surface area contributed by atoms with Gasteiger partial charge in [0.1, 0.15) is 6.61 Å². The highest BCUT2D eigenvalue weighted by Crippen LogP contribution is 2.28. The maximum atomic E-state index is 13.5. The SMILES string of the molecule is O=C(CC1CC=CCCCC(Cc2ccccc2)C(=O)OCC(CC2CCCCC2)NC1=O)NCCOCCO. The first-order valence-electron chi connectivity index (χ1n) is 15.2. The Kier molecular flexibility index (Phi) is 14.8. The minimum absolute atomic E-state index is 0.0620. The summed E-state index contributed by atoms with van der Waals surface area (Å²) >= 11 is 0. The fourth-order valence-corrected chi connectivity index (χ4v) is 5.68. The molecule has 3 rings (SSSR count). The van der Waals surface area contributed by atoms with Crippen molar-refractivity contribution in [3.8, 4) is 0 Å². The molecule has 1 aliphatic carbocycles. The van der Waals surface area contributed by atoms with Crippen LogP contribution in [0.25, 0.3) is 0 Å². The molecule has 1 aromatic carbocycles. The van der Waals surface area contributed by atoms with Crippen LogP contribution in [0, 0.1) is 17.8 Å². The third-order valence-corrected chi connectivity index (χ3v) is 7.89. The maximum absolute atomic E-state index is 13.5. The summed E-state index contributed by atoms with van der Waals surface area (Å²) in [6, 6.07) is 9.77. The maximum Gasteiger partial charge on any atom is 0.309 e. The van der Waals surface area contributed by atoms with E-state index in [-0.39, 0.29) is 56.0 Å². The smallest absolute Gasteiger partial charge is 0.309 e. The van der Waals surface area contributed by atoms with Gasteiger partial charge in [-0.15, -0.1) is 0 Å². The molecule has 8 nitrogen and oxygen atoms in total. The number of amides is 2. The zero-order valence-corrected chi connectivity index (χ0v) is 23.9. The van der Waals surface area contributed by atoms with Gasteiger partial charge in [-0.25, -0.2) is 0 Å². The molecule has 0 radical (unpaired) electrons. The van der Waals surface area contributed by atoms with Crippen molar-refractivity contribution in [3.05, 3.63) is 48.0 Å². The molecule has 2 amide bonds. The molecule has 222 valence electrons. The molecule has 1 fully saturated rings. The summed E-state index contributed by atoms with van der Waals surface area (Å²) in [5.74, 6) is -0.813. The third kappa shape index (κ3) is 12.2. The van der Waals surface area contributed by atoms with Gasteiger partial charge in [-0.1, -0.05) is 74.6 Å².